The van der Waals surface area contributed by atoms with E-state index >= 15 is 0 Å². The van der Waals surface area contributed by atoms with Gasteiger partial charge in [-0.2, -0.15) is 0 Å². The Bertz CT molecular complexity index is 131. The Balaban J connectivity index is 1.73. The van der Waals surface area contributed by atoms with Crippen LogP contribution < -0.4 is 0 Å². The van der Waals surface area contributed by atoms with Crippen LogP contribution in [0, 0.1) is 17.8 Å². The molecule has 12 heavy (non-hydrogen) atoms. The average molecular weight is 166 g/mol. The largest absolute Gasteiger partial charge is 0.0651 e. The number of rotatable bonds is 4. The molecule has 0 spiro atoms. The molecule has 2 rings (SSSR count). The molecule has 2 aliphatic rings. The summed E-state index contributed by atoms with van der Waals surface area (Å²) in [5, 5.41) is 0. The molecule has 0 bridgehead atoms. The van der Waals surface area contributed by atoms with Gasteiger partial charge >= 0.3 is 0 Å². The van der Waals surface area contributed by atoms with E-state index in [0.29, 0.717) is 0 Å². The summed E-state index contributed by atoms with van der Waals surface area (Å²) in [6, 6.07) is 0. The minimum absolute atomic E-state index is 1.10. The van der Waals surface area contributed by atoms with Crippen molar-refractivity contribution >= 4 is 0 Å². The van der Waals surface area contributed by atoms with Crippen LogP contribution in [0.15, 0.2) is 0 Å². The Morgan fingerprint density at radius 1 is 1.08 bits per heavy atom. The fourth-order valence-electron chi connectivity index (χ4n) is 2.76. The van der Waals surface area contributed by atoms with E-state index in [9.17, 15) is 0 Å². The monoisotopic (exact) mass is 166 g/mol. The maximum atomic E-state index is 2.39. The van der Waals surface area contributed by atoms with E-state index in [4.69, 9.17) is 0 Å². The van der Waals surface area contributed by atoms with Crippen molar-refractivity contribution < 1.29 is 0 Å². The maximum absolute atomic E-state index is 2.39. The van der Waals surface area contributed by atoms with Gasteiger partial charge in [-0.25, -0.2) is 0 Å². The minimum Gasteiger partial charge on any atom is -0.0651 e. The molecule has 0 radical (unpaired) electrons. The Morgan fingerprint density at radius 2 is 1.75 bits per heavy atom. The van der Waals surface area contributed by atoms with Gasteiger partial charge in [0.1, 0.15) is 0 Å². The lowest BCUT2D eigenvalue weighted by atomic mass is 9.68. The second-order valence-electron chi connectivity index (χ2n) is 4.89. The molecule has 0 N–H and O–H groups in total. The van der Waals surface area contributed by atoms with E-state index in [0.717, 1.165) is 17.8 Å². The fourth-order valence-corrected chi connectivity index (χ4v) is 2.76. The molecule has 0 aliphatic heterocycles. The lowest BCUT2D eigenvalue weighted by molar-refractivity contribution is 0.142. The molecule has 2 fully saturated rings. The van der Waals surface area contributed by atoms with Gasteiger partial charge in [0.2, 0.25) is 0 Å². The van der Waals surface area contributed by atoms with Crippen LogP contribution in [0.3, 0.4) is 0 Å². The van der Waals surface area contributed by atoms with Crippen LogP contribution in [0.1, 0.15) is 58.3 Å². The first kappa shape index (κ1) is 8.59. The fraction of sp³-hybridized carbons (Fsp3) is 1.00. The zero-order chi connectivity index (χ0) is 8.39. The van der Waals surface area contributed by atoms with Crippen molar-refractivity contribution in [2.75, 3.05) is 0 Å². The Morgan fingerprint density at radius 3 is 2.08 bits per heavy atom. The topological polar surface area (TPSA) is 0 Å². The van der Waals surface area contributed by atoms with Crippen LogP contribution in [0.2, 0.25) is 0 Å². The van der Waals surface area contributed by atoms with Crippen molar-refractivity contribution in [3.8, 4) is 0 Å². The van der Waals surface area contributed by atoms with Crippen LogP contribution in [-0.4, -0.2) is 0 Å². The van der Waals surface area contributed by atoms with Crippen molar-refractivity contribution in [3.05, 3.63) is 0 Å². The second-order valence-corrected chi connectivity index (χ2v) is 4.89. The third-order valence-corrected chi connectivity index (χ3v) is 4.20. The molecule has 0 aromatic rings. The van der Waals surface area contributed by atoms with E-state index in [2.05, 4.69) is 6.92 Å². The van der Waals surface area contributed by atoms with E-state index in [-0.39, 0.29) is 0 Å². The van der Waals surface area contributed by atoms with Gasteiger partial charge in [0.05, 0.1) is 0 Å². The second kappa shape index (κ2) is 3.81. The molecule has 70 valence electrons. The highest BCUT2D eigenvalue weighted by Gasteiger charge is 2.29. The lowest BCUT2D eigenvalue weighted by Crippen LogP contribution is -2.25. The van der Waals surface area contributed by atoms with Gasteiger partial charge in [0, 0.05) is 0 Å². The summed E-state index contributed by atoms with van der Waals surface area (Å²) < 4.78 is 0. The number of hydrogen-bond acceptors (Lipinski definition) is 0. The molecule has 0 heterocycles. The summed E-state index contributed by atoms with van der Waals surface area (Å²) >= 11 is 0. The molecule has 0 nitrogen and oxygen atoms in total. The van der Waals surface area contributed by atoms with Crippen molar-refractivity contribution in [3.63, 3.8) is 0 Å². The Hall–Kier alpha value is 0. The van der Waals surface area contributed by atoms with Gasteiger partial charge in [0.25, 0.3) is 0 Å². The third-order valence-electron chi connectivity index (χ3n) is 4.20. The van der Waals surface area contributed by atoms with Gasteiger partial charge in [-0.05, 0) is 24.2 Å². The van der Waals surface area contributed by atoms with E-state index in [1.807, 2.05) is 0 Å². The van der Waals surface area contributed by atoms with Crippen molar-refractivity contribution in [2.45, 2.75) is 58.3 Å². The van der Waals surface area contributed by atoms with Gasteiger partial charge in [-0.1, -0.05) is 51.9 Å². The predicted molar refractivity (Wildman–Crippen MR) is 53.1 cm³/mol. The molecule has 0 aromatic heterocycles. The molecule has 1 unspecified atom stereocenters. The van der Waals surface area contributed by atoms with E-state index < -0.39 is 0 Å². The highest BCUT2D eigenvalue weighted by molar-refractivity contribution is 4.81. The van der Waals surface area contributed by atoms with Crippen molar-refractivity contribution in [2.24, 2.45) is 17.8 Å². The quantitative estimate of drug-likeness (QED) is 0.592. The summed E-state index contributed by atoms with van der Waals surface area (Å²) in [6.45, 7) is 2.39. The molecule has 0 aromatic carbocycles. The van der Waals surface area contributed by atoms with Crippen molar-refractivity contribution in [1.29, 1.82) is 0 Å². The Kier molecular flexibility index (Phi) is 2.73. The van der Waals surface area contributed by atoms with Gasteiger partial charge in [-0.15, -0.1) is 0 Å². The maximum Gasteiger partial charge on any atom is -0.0386 e. The van der Waals surface area contributed by atoms with Crippen LogP contribution in [0.25, 0.3) is 0 Å². The van der Waals surface area contributed by atoms with Crippen LogP contribution >= 0.6 is 0 Å². The zero-order valence-electron chi connectivity index (χ0n) is 8.39. The summed E-state index contributed by atoms with van der Waals surface area (Å²) in [6.07, 6.45) is 12.2. The van der Waals surface area contributed by atoms with Crippen LogP contribution in [0.4, 0.5) is 0 Å². The standard InChI is InChI=1S/C12H22/c1-2-11(12-7-4-8-12)9-10-5-3-6-10/h10-12H,2-9H2,1H3. The molecule has 0 saturated heterocycles. The normalized spacial score (nSPS) is 27.8. The Labute approximate surface area is 76.7 Å². The average Bonchev–Trinajstić information content (AvgIpc) is 1.89. The molecule has 2 aliphatic carbocycles. The highest BCUT2D eigenvalue weighted by atomic mass is 14.3. The van der Waals surface area contributed by atoms with E-state index in [1.165, 1.54) is 19.3 Å². The smallest absolute Gasteiger partial charge is 0.0386 e. The number of hydrogen-bond donors (Lipinski definition) is 0. The van der Waals surface area contributed by atoms with Gasteiger partial charge in [-0.3, -0.25) is 0 Å². The predicted octanol–water partition coefficient (Wildman–Crippen LogP) is 4.00. The molecule has 1 atom stereocenters. The molecule has 0 amide bonds. The zero-order valence-corrected chi connectivity index (χ0v) is 8.39. The van der Waals surface area contributed by atoms with Gasteiger partial charge < -0.3 is 0 Å². The SMILES string of the molecule is CCC(CC1CCC1)C1CCC1. The first-order valence-electron chi connectivity index (χ1n) is 5.90. The lowest BCUT2D eigenvalue weighted by Gasteiger charge is -2.37. The van der Waals surface area contributed by atoms with Crippen LogP contribution in [-0.2, 0) is 0 Å². The first-order valence-corrected chi connectivity index (χ1v) is 5.90. The molecule has 2 saturated carbocycles. The van der Waals surface area contributed by atoms with E-state index in [1.54, 1.807) is 32.1 Å². The van der Waals surface area contributed by atoms with Gasteiger partial charge in [0.15, 0.2) is 0 Å². The summed E-state index contributed by atoms with van der Waals surface area (Å²) in [5.74, 6) is 3.37. The molecule has 0 heteroatoms. The highest BCUT2D eigenvalue weighted by Crippen LogP contribution is 2.42. The van der Waals surface area contributed by atoms with Crippen LogP contribution in [0.5, 0.6) is 0 Å². The summed E-state index contributed by atoms with van der Waals surface area (Å²) in [4.78, 5) is 0. The summed E-state index contributed by atoms with van der Waals surface area (Å²) in [7, 11) is 0. The molecular weight excluding hydrogens is 144 g/mol. The summed E-state index contributed by atoms with van der Waals surface area (Å²) in [5.41, 5.74) is 0. The minimum atomic E-state index is 1.10. The first-order chi connectivity index (χ1) is 5.90. The molecular formula is C12H22. The van der Waals surface area contributed by atoms with Crippen molar-refractivity contribution in [1.82, 2.24) is 0 Å². The third kappa shape index (κ3) is 1.67.